The Kier molecular flexibility index (Phi) is 4.35. The van der Waals surface area contributed by atoms with Crippen LogP contribution in [-0.2, 0) is 6.61 Å². The molecule has 2 aromatic rings. The van der Waals surface area contributed by atoms with Crippen LogP contribution in [-0.4, -0.2) is 13.4 Å². The van der Waals surface area contributed by atoms with E-state index in [1.165, 1.54) is 13.2 Å². The molecule has 0 unspecified atom stereocenters. The molecule has 3 nitrogen and oxygen atoms in total. The molecule has 4 heteroatoms. The van der Waals surface area contributed by atoms with Crippen LogP contribution in [0.4, 0.5) is 4.39 Å². The van der Waals surface area contributed by atoms with Crippen LogP contribution in [0.25, 0.3) is 0 Å². The third-order valence-corrected chi connectivity index (χ3v) is 2.94. The lowest BCUT2D eigenvalue weighted by molar-refractivity contribution is 0.111. The molecule has 0 bridgehead atoms. The van der Waals surface area contributed by atoms with Gasteiger partial charge in [0.05, 0.1) is 12.7 Å². The van der Waals surface area contributed by atoms with Gasteiger partial charge in [-0.2, -0.15) is 0 Å². The second-order valence-electron chi connectivity index (χ2n) is 4.41. The van der Waals surface area contributed by atoms with Crippen molar-refractivity contribution in [1.29, 1.82) is 0 Å². The maximum absolute atomic E-state index is 13.8. The van der Waals surface area contributed by atoms with E-state index in [1.807, 2.05) is 13.0 Å². The van der Waals surface area contributed by atoms with Crippen molar-refractivity contribution in [2.45, 2.75) is 13.5 Å². The molecule has 0 saturated heterocycles. The van der Waals surface area contributed by atoms with Crippen molar-refractivity contribution in [2.24, 2.45) is 0 Å². The van der Waals surface area contributed by atoms with Crippen LogP contribution in [0.15, 0.2) is 36.4 Å². The molecule has 0 aromatic heterocycles. The number of halogens is 1. The highest BCUT2D eigenvalue weighted by Gasteiger charge is 2.07. The lowest BCUT2D eigenvalue weighted by Gasteiger charge is -2.10. The summed E-state index contributed by atoms with van der Waals surface area (Å²) in [6.45, 7) is 1.94. The van der Waals surface area contributed by atoms with Gasteiger partial charge < -0.3 is 9.47 Å². The second kappa shape index (κ2) is 6.19. The van der Waals surface area contributed by atoms with E-state index in [0.29, 0.717) is 22.6 Å². The van der Waals surface area contributed by atoms with Crippen LogP contribution in [0.2, 0.25) is 0 Å². The molecule has 0 spiro atoms. The van der Waals surface area contributed by atoms with E-state index in [2.05, 4.69) is 0 Å². The highest BCUT2D eigenvalue weighted by molar-refractivity contribution is 5.79. The number of ether oxygens (including phenoxy) is 2. The van der Waals surface area contributed by atoms with Crippen molar-refractivity contribution in [3.63, 3.8) is 0 Å². The predicted octanol–water partition coefficient (Wildman–Crippen LogP) is 3.53. The van der Waals surface area contributed by atoms with Crippen molar-refractivity contribution >= 4 is 6.29 Å². The minimum absolute atomic E-state index is 0.0553. The average molecular weight is 274 g/mol. The Morgan fingerprint density at radius 2 is 2.00 bits per heavy atom. The van der Waals surface area contributed by atoms with E-state index < -0.39 is 5.82 Å². The zero-order chi connectivity index (χ0) is 14.5. The maximum atomic E-state index is 13.8. The molecule has 0 atom stereocenters. The van der Waals surface area contributed by atoms with E-state index >= 15 is 0 Å². The fourth-order valence-corrected chi connectivity index (χ4v) is 1.82. The molecule has 104 valence electrons. The highest BCUT2D eigenvalue weighted by atomic mass is 19.1. The summed E-state index contributed by atoms with van der Waals surface area (Å²) in [5.74, 6) is 0.500. The standard InChI is InChI=1S/C16H15FO3/c1-11-3-6-16(13(7-11)9-18)20-10-12-4-5-14(19-2)8-15(12)17/h3-9H,10H2,1-2H3. The summed E-state index contributed by atoms with van der Waals surface area (Å²) in [5, 5.41) is 0. The summed E-state index contributed by atoms with van der Waals surface area (Å²) in [4.78, 5) is 11.0. The molecule has 0 aliphatic heterocycles. The number of carbonyl (C=O) groups is 1. The minimum Gasteiger partial charge on any atom is -0.497 e. The zero-order valence-corrected chi connectivity index (χ0v) is 11.4. The lowest BCUT2D eigenvalue weighted by atomic mass is 10.1. The Labute approximate surface area is 117 Å². The van der Waals surface area contributed by atoms with Crippen molar-refractivity contribution in [1.82, 2.24) is 0 Å². The number of hydrogen-bond acceptors (Lipinski definition) is 3. The summed E-state index contributed by atoms with van der Waals surface area (Å²) < 4.78 is 24.2. The molecule has 0 fully saturated rings. The van der Waals surface area contributed by atoms with Crippen LogP contribution in [0, 0.1) is 12.7 Å². The summed E-state index contributed by atoms with van der Waals surface area (Å²) in [5.41, 5.74) is 1.83. The number of benzene rings is 2. The Morgan fingerprint density at radius 3 is 2.65 bits per heavy atom. The average Bonchev–Trinajstić information content (AvgIpc) is 2.46. The van der Waals surface area contributed by atoms with Crippen LogP contribution in [0.1, 0.15) is 21.5 Å². The van der Waals surface area contributed by atoms with Gasteiger partial charge in [-0.3, -0.25) is 4.79 Å². The molecule has 0 saturated carbocycles. The molecule has 2 rings (SSSR count). The highest BCUT2D eigenvalue weighted by Crippen LogP contribution is 2.21. The van der Waals surface area contributed by atoms with Gasteiger partial charge in [0.25, 0.3) is 0 Å². The van der Waals surface area contributed by atoms with Gasteiger partial charge in [0.15, 0.2) is 6.29 Å². The van der Waals surface area contributed by atoms with E-state index in [4.69, 9.17) is 9.47 Å². The molecule has 0 amide bonds. The van der Waals surface area contributed by atoms with Gasteiger partial charge in [0.1, 0.15) is 23.9 Å². The molecular formula is C16H15FO3. The van der Waals surface area contributed by atoms with Crippen LogP contribution >= 0.6 is 0 Å². The van der Waals surface area contributed by atoms with E-state index in [9.17, 15) is 9.18 Å². The molecular weight excluding hydrogens is 259 g/mol. The van der Waals surface area contributed by atoms with Crippen LogP contribution < -0.4 is 9.47 Å². The largest absolute Gasteiger partial charge is 0.497 e. The first-order valence-corrected chi connectivity index (χ1v) is 6.15. The molecule has 2 aromatic carbocycles. The van der Waals surface area contributed by atoms with Crippen molar-refractivity contribution in [3.05, 3.63) is 58.9 Å². The van der Waals surface area contributed by atoms with Gasteiger partial charge in [-0.1, -0.05) is 11.6 Å². The summed E-state index contributed by atoms with van der Waals surface area (Å²) in [6, 6.07) is 9.84. The Bertz CT molecular complexity index is 623. The van der Waals surface area contributed by atoms with Crippen molar-refractivity contribution < 1.29 is 18.7 Å². The molecule has 0 radical (unpaired) electrons. The number of rotatable bonds is 5. The van der Waals surface area contributed by atoms with Crippen molar-refractivity contribution in [3.8, 4) is 11.5 Å². The number of carbonyl (C=O) groups excluding carboxylic acids is 1. The molecule has 0 N–H and O–H groups in total. The molecule has 0 aliphatic rings. The van der Waals surface area contributed by atoms with E-state index in [1.54, 1.807) is 24.3 Å². The van der Waals surface area contributed by atoms with Crippen molar-refractivity contribution in [2.75, 3.05) is 7.11 Å². The van der Waals surface area contributed by atoms with Crippen LogP contribution in [0.3, 0.4) is 0 Å². The normalized spacial score (nSPS) is 10.2. The third-order valence-electron chi connectivity index (χ3n) is 2.94. The number of methoxy groups -OCH3 is 1. The fraction of sp³-hybridized carbons (Fsp3) is 0.188. The van der Waals surface area contributed by atoms with Gasteiger partial charge in [-0.25, -0.2) is 4.39 Å². The van der Waals surface area contributed by atoms with Gasteiger partial charge >= 0.3 is 0 Å². The Hall–Kier alpha value is -2.36. The number of aryl methyl sites for hydroxylation is 1. The van der Waals surface area contributed by atoms with Crippen LogP contribution in [0.5, 0.6) is 11.5 Å². The monoisotopic (exact) mass is 274 g/mol. The first-order chi connectivity index (χ1) is 9.63. The van der Waals surface area contributed by atoms with Gasteiger partial charge in [0.2, 0.25) is 0 Å². The van der Waals surface area contributed by atoms with Gasteiger partial charge in [-0.15, -0.1) is 0 Å². The fourth-order valence-electron chi connectivity index (χ4n) is 1.82. The predicted molar refractivity (Wildman–Crippen MR) is 73.9 cm³/mol. The Morgan fingerprint density at radius 1 is 1.20 bits per heavy atom. The topological polar surface area (TPSA) is 35.5 Å². The summed E-state index contributed by atoms with van der Waals surface area (Å²) in [7, 11) is 1.48. The van der Waals surface area contributed by atoms with E-state index in [0.717, 1.165) is 11.8 Å². The van der Waals surface area contributed by atoms with E-state index in [-0.39, 0.29) is 6.61 Å². The number of aldehydes is 1. The third kappa shape index (κ3) is 3.15. The smallest absolute Gasteiger partial charge is 0.153 e. The maximum Gasteiger partial charge on any atom is 0.153 e. The quantitative estimate of drug-likeness (QED) is 0.782. The SMILES string of the molecule is COc1ccc(COc2ccc(C)cc2C=O)c(F)c1. The minimum atomic E-state index is -0.399. The molecule has 0 heterocycles. The Balaban J connectivity index is 2.14. The van der Waals surface area contributed by atoms with Gasteiger partial charge in [-0.05, 0) is 31.2 Å². The van der Waals surface area contributed by atoms with Gasteiger partial charge in [0, 0.05) is 11.6 Å². The first-order valence-electron chi connectivity index (χ1n) is 6.15. The zero-order valence-electron chi connectivity index (χ0n) is 11.4. The number of hydrogen-bond donors (Lipinski definition) is 0. The summed E-state index contributed by atoms with van der Waals surface area (Å²) in [6.07, 6.45) is 0.729. The summed E-state index contributed by atoms with van der Waals surface area (Å²) >= 11 is 0. The lowest BCUT2D eigenvalue weighted by Crippen LogP contribution is -2.01. The first kappa shape index (κ1) is 14.1. The second-order valence-corrected chi connectivity index (χ2v) is 4.41. The molecule has 0 aliphatic carbocycles. The molecule has 20 heavy (non-hydrogen) atoms.